The fourth-order valence-corrected chi connectivity index (χ4v) is 3.35. The van der Waals surface area contributed by atoms with E-state index < -0.39 is 0 Å². The molecule has 0 aromatic carbocycles. The number of nitrogens with one attached hydrogen (secondary N) is 1. The molecule has 1 saturated carbocycles. The van der Waals surface area contributed by atoms with Gasteiger partial charge in [0.25, 0.3) is 0 Å². The lowest BCUT2D eigenvalue weighted by Gasteiger charge is -2.27. The second-order valence-electron chi connectivity index (χ2n) is 4.76. The summed E-state index contributed by atoms with van der Waals surface area (Å²) in [5.41, 5.74) is 0. The molecule has 1 N–H and O–H groups in total. The molecule has 1 aliphatic carbocycles. The molecule has 88 valence electrons. The van der Waals surface area contributed by atoms with Gasteiger partial charge in [0.05, 0.1) is 0 Å². The third kappa shape index (κ3) is 3.97. The maximum Gasteiger partial charge on any atom is 0.0108 e. The van der Waals surface area contributed by atoms with Gasteiger partial charge in [-0.3, -0.25) is 0 Å². The molecule has 1 aliphatic heterocycles. The van der Waals surface area contributed by atoms with E-state index in [0.29, 0.717) is 0 Å². The molecule has 2 nitrogen and oxygen atoms in total. The molecular formula is C12H24N2S. The monoisotopic (exact) mass is 228 g/mol. The lowest BCUT2D eigenvalue weighted by molar-refractivity contribution is 0.290. The zero-order chi connectivity index (χ0) is 10.5. The highest BCUT2D eigenvalue weighted by molar-refractivity contribution is 7.99. The second-order valence-corrected chi connectivity index (χ2v) is 5.99. The van der Waals surface area contributed by atoms with E-state index in [-0.39, 0.29) is 0 Å². The fraction of sp³-hybridized carbons (Fsp3) is 1.00. The molecule has 0 amide bonds. The number of hydrogen-bond acceptors (Lipinski definition) is 3. The Morgan fingerprint density at radius 3 is 2.67 bits per heavy atom. The van der Waals surface area contributed by atoms with Gasteiger partial charge >= 0.3 is 0 Å². The summed E-state index contributed by atoms with van der Waals surface area (Å²) in [6, 6.07) is 0.809. The molecule has 3 heteroatoms. The van der Waals surface area contributed by atoms with Gasteiger partial charge < -0.3 is 10.2 Å². The van der Waals surface area contributed by atoms with Crippen molar-refractivity contribution in [3.8, 4) is 0 Å². The van der Waals surface area contributed by atoms with Crippen molar-refractivity contribution < 1.29 is 0 Å². The topological polar surface area (TPSA) is 15.3 Å². The minimum atomic E-state index is 0.809. The van der Waals surface area contributed by atoms with E-state index in [1.54, 1.807) is 0 Å². The zero-order valence-electron chi connectivity index (χ0n) is 9.87. The van der Waals surface area contributed by atoms with Crippen molar-refractivity contribution in [2.24, 2.45) is 5.92 Å². The lowest BCUT2D eigenvalue weighted by Crippen LogP contribution is -2.41. The van der Waals surface area contributed by atoms with Crippen LogP contribution in [0.25, 0.3) is 0 Å². The molecule has 0 radical (unpaired) electrons. The molecule has 15 heavy (non-hydrogen) atoms. The van der Waals surface area contributed by atoms with Crippen LogP contribution >= 0.6 is 11.8 Å². The highest BCUT2D eigenvalue weighted by Crippen LogP contribution is 2.33. The summed E-state index contributed by atoms with van der Waals surface area (Å²) in [4.78, 5) is 2.60. The normalized spacial score (nSPS) is 25.4. The summed E-state index contributed by atoms with van der Waals surface area (Å²) in [5, 5.41) is 3.73. The Kier molecular flexibility index (Phi) is 4.79. The van der Waals surface area contributed by atoms with Crippen LogP contribution < -0.4 is 5.32 Å². The van der Waals surface area contributed by atoms with E-state index in [1.165, 1.54) is 56.9 Å². The second kappa shape index (κ2) is 6.12. The minimum Gasteiger partial charge on any atom is -0.312 e. The smallest absolute Gasteiger partial charge is 0.0108 e. The third-order valence-electron chi connectivity index (χ3n) is 3.57. The molecule has 0 aromatic heterocycles. The van der Waals surface area contributed by atoms with E-state index in [0.717, 1.165) is 12.0 Å². The Balaban J connectivity index is 1.56. The lowest BCUT2D eigenvalue weighted by atomic mass is 10.1. The Bertz CT molecular complexity index is 176. The van der Waals surface area contributed by atoms with E-state index in [2.05, 4.69) is 28.9 Å². The van der Waals surface area contributed by atoms with Crippen LogP contribution in [0.5, 0.6) is 0 Å². The third-order valence-corrected chi connectivity index (χ3v) is 4.51. The largest absolute Gasteiger partial charge is 0.312 e. The first kappa shape index (κ1) is 11.7. The first-order valence-corrected chi connectivity index (χ1v) is 7.59. The number of hydrogen-bond donors (Lipinski definition) is 1. The fourth-order valence-electron chi connectivity index (χ4n) is 2.38. The summed E-state index contributed by atoms with van der Waals surface area (Å²) < 4.78 is 0. The predicted molar refractivity (Wildman–Crippen MR) is 68.6 cm³/mol. The zero-order valence-corrected chi connectivity index (χ0v) is 10.7. The van der Waals surface area contributed by atoms with Crippen molar-refractivity contribution in [2.75, 3.05) is 37.7 Å². The van der Waals surface area contributed by atoms with Crippen LogP contribution in [0.15, 0.2) is 0 Å². The molecule has 2 rings (SSSR count). The summed E-state index contributed by atoms with van der Waals surface area (Å²) in [6.07, 6.45) is 4.23. The van der Waals surface area contributed by atoms with Gasteiger partial charge in [-0.15, -0.1) is 0 Å². The Hall–Kier alpha value is 0.270. The van der Waals surface area contributed by atoms with Gasteiger partial charge in [0, 0.05) is 43.7 Å². The van der Waals surface area contributed by atoms with Crippen molar-refractivity contribution >= 4 is 11.8 Å². The molecule has 0 aromatic rings. The number of rotatable bonds is 6. The molecular weight excluding hydrogens is 204 g/mol. The first-order valence-electron chi connectivity index (χ1n) is 6.43. The van der Waals surface area contributed by atoms with Crippen molar-refractivity contribution in [3.63, 3.8) is 0 Å². The van der Waals surface area contributed by atoms with Crippen LogP contribution in [0.1, 0.15) is 26.2 Å². The van der Waals surface area contributed by atoms with Gasteiger partial charge in [-0.2, -0.15) is 11.8 Å². The average molecular weight is 228 g/mol. The summed E-state index contributed by atoms with van der Waals surface area (Å²) in [7, 11) is 0. The van der Waals surface area contributed by atoms with Crippen LogP contribution in [0.4, 0.5) is 0 Å². The predicted octanol–water partition coefficient (Wildman–Crippen LogP) is 1.81. The molecule has 0 spiro atoms. The van der Waals surface area contributed by atoms with E-state index >= 15 is 0 Å². The van der Waals surface area contributed by atoms with Crippen LogP contribution in [0, 0.1) is 5.92 Å². The molecule has 1 saturated heterocycles. The summed E-state index contributed by atoms with van der Waals surface area (Å²) in [6.45, 7) is 7.36. The van der Waals surface area contributed by atoms with Gasteiger partial charge in [-0.05, 0) is 25.2 Å². The number of thioether (sulfide) groups is 1. The van der Waals surface area contributed by atoms with Gasteiger partial charge in [0.2, 0.25) is 0 Å². The van der Waals surface area contributed by atoms with Crippen molar-refractivity contribution in [3.05, 3.63) is 0 Å². The Labute approximate surface area is 98.2 Å². The van der Waals surface area contributed by atoms with E-state index in [1.807, 2.05) is 0 Å². The van der Waals surface area contributed by atoms with Gasteiger partial charge in [-0.1, -0.05) is 6.92 Å². The van der Waals surface area contributed by atoms with Crippen molar-refractivity contribution in [1.82, 2.24) is 10.2 Å². The van der Waals surface area contributed by atoms with Crippen LogP contribution in [-0.4, -0.2) is 48.6 Å². The van der Waals surface area contributed by atoms with Crippen LogP contribution in [-0.2, 0) is 0 Å². The number of nitrogens with zero attached hydrogens (tertiary/aromatic N) is 1. The summed E-state index contributed by atoms with van der Waals surface area (Å²) in [5.74, 6) is 3.67. The standard InChI is InChI=1S/C12H24N2S/c1-2-12(11-3-4-11)13-5-6-14-7-9-15-10-8-14/h11-13H,2-10H2,1H3. The van der Waals surface area contributed by atoms with E-state index in [4.69, 9.17) is 0 Å². The highest BCUT2D eigenvalue weighted by atomic mass is 32.2. The Morgan fingerprint density at radius 1 is 1.33 bits per heavy atom. The quantitative estimate of drug-likeness (QED) is 0.746. The average Bonchev–Trinajstić information content (AvgIpc) is 3.10. The highest BCUT2D eigenvalue weighted by Gasteiger charge is 2.29. The first-order chi connectivity index (χ1) is 7.40. The minimum absolute atomic E-state index is 0.809. The molecule has 0 bridgehead atoms. The molecule has 1 unspecified atom stereocenters. The summed E-state index contributed by atoms with van der Waals surface area (Å²) >= 11 is 2.10. The molecule has 1 heterocycles. The van der Waals surface area contributed by atoms with Gasteiger partial charge in [0.15, 0.2) is 0 Å². The van der Waals surface area contributed by atoms with Crippen molar-refractivity contribution in [1.29, 1.82) is 0 Å². The molecule has 1 atom stereocenters. The Morgan fingerprint density at radius 2 is 2.07 bits per heavy atom. The molecule has 2 aliphatic rings. The van der Waals surface area contributed by atoms with Crippen molar-refractivity contribution in [2.45, 2.75) is 32.2 Å². The van der Waals surface area contributed by atoms with Crippen LogP contribution in [0.2, 0.25) is 0 Å². The maximum atomic E-state index is 3.73. The maximum absolute atomic E-state index is 3.73. The van der Waals surface area contributed by atoms with Crippen LogP contribution in [0.3, 0.4) is 0 Å². The van der Waals surface area contributed by atoms with Gasteiger partial charge in [-0.25, -0.2) is 0 Å². The SMILES string of the molecule is CCC(NCCN1CCSCC1)C1CC1. The molecule has 2 fully saturated rings. The van der Waals surface area contributed by atoms with Gasteiger partial charge in [0.1, 0.15) is 0 Å². The van der Waals surface area contributed by atoms with E-state index in [9.17, 15) is 0 Å².